The van der Waals surface area contributed by atoms with Gasteiger partial charge < -0.3 is 53.6 Å². The minimum Gasteiger partial charge on any atom is -0.480 e. The van der Waals surface area contributed by atoms with Crippen LogP contribution in [0.15, 0.2) is 0 Å². The molecule has 0 rings (SSSR count). The summed E-state index contributed by atoms with van der Waals surface area (Å²) >= 11 is 0. The summed E-state index contributed by atoms with van der Waals surface area (Å²) in [5.74, 6) is -4.30. The summed E-state index contributed by atoms with van der Waals surface area (Å²) in [6.45, 7) is 2.11. The fourth-order valence-corrected chi connectivity index (χ4v) is 0.413. The third-order valence-corrected chi connectivity index (χ3v) is 1.96. The van der Waals surface area contributed by atoms with E-state index in [1.807, 2.05) is 0 Å². The van der Waals surface area contributed by atoms with E-state index in [1.54, 1.807) is 0 Å². The summed E-state index contributed by atoms with van der Waals surface area (Å²) in [4.78, 5) is 38.2. The van der Waals surface area contributed by atoms with E-state index in [4.69, 9.17) is 42.1 Å². The van der Waals surface area contributed by atoms with Crippen LogP contribution in [0.3, 0.4) is 0 Å². The summed E-state index contributed by atoms with van der Waals surface area (Å²) in [5.41, 5.74) is 19.0. The Labute approximate surface area is 149 Å². The van der Waals surface area contributed by atoms with Crippen LogP contribution in [0, 0.1) is 0 Å². The van der Waals surface area contributed by atoms with Crippen molar-refractivity contribution in [2.24, 2.45) is 22.9 Å². The lowest BCUT2D eigenvalue weighted by Crippen LogP contribution is -2.39. The van der Waals surface area contributed by atoms with E-state index in [1.165, 1.54) is 13.8 Å². The number of aliphatic hydroxyl groups is 2. The normalized spacial score (nSPS) is 13.5. The summed E-state index contributed by atoms with van der Waals surface area (Å²) in [6.07, 6.45) is -1.96. The maximum absolute atomic E-state index is 9.86. The van der Waals surface area contributed by atoms with Gasteiger partial charge in [0.1, 0.15) is 12.1 Å². The second-order valence-corrected chi connectivity index (χ2v) is 4.40. The molecular formula is C12H28N4O10. The van der Waals surface area contributed by atoms with Gasteiger partial charge in [-0.25, -0.2) is 0 Å². The van der Waals surface area contributed by atoms with Crippen LogP contribution in [0.25, 0.3) is 0 Å². The number of hydrogen-bond acceptors (Lipinski definition) is 10. The molecule has 0 radical (unpaired) electrons. The predicted molar refractivity (Wildman–Crippen MR) is 88.0 cm³/mol. The van der Waals surface area contributed by atoms with E-state index in [0.29, 0.717) is 0 Å². The Morgan fingerprint density at radius 3 is 0.846 bits per heavy atom. The smallest absolute Gasteiger partial charge is 0.323 e. The van der Waals surface area contributed by atoms with Crippen molar-refractivity contribution < 1.29 is 49.8 Å². The molecule has 26 heavy (non-hydrogen) atoms. The Kier molecular flexibility index (Phi) is 22.9. The highest BCUT2D eigenvalue weighted by Gasteiger charge is 2.16. The number of carboxylic acids is 4. The number of carbonyl (C=O) groups is 4. The maximum atomic E-state index is 9.86. The molecule has 0 aromatic carbocycles. The largest absolute Gasteiger partial charge is 0.480 e. The Hall–Kier alpha value is -2.36. The van der Waals surface area contributed by atoms with E-state index < -0.39 is 48.2 Å². The molecule has 0 unspecified atom stereocenters. The van der Waals surface area contributed by atoms with E-state index in [0.717, 1.165) is 0 Å². The first-order valence-corrected chi connectivity index (χ1v) is 6.82. The molecule has 0 aliphatic heterocycles. The molecule has 0 heterocycles. The Balaban J connectivity index is -0.000000127. The maximum Gasteiger partial charge on any atom is 0.323 e. The van der Waals surface area contributed by atoms with Gasteiger partial charge in [0.05, 0.1) is 25.3 Å². The third-order valence-electron chi connectivity index (χ3n) is 1.96. The molecule has 0 amide bonds. The molecule has 14 heteroatoms. The molecule has 156 valence electrons. The first kappa shape index (κ1) is 31.4. The number of aliphatic hydroxyl groups excluding tert-OH is 2. The van der Waals surface area contributed by atoms with Crippen molar-refractivity contribution in [3.8, 4) is 0 Å². The zero-order valence-corrected chi connectivity index (χ0v) is 14.3. The van der Waals surface area contributed by atoms with Crippen LogP contribution in [0.1, 0.15) is 13.8 Å². The minimum absolute atomic E-state index is 0.278. The second kappa shape index (κ2) is 19.0. The molecule has 4 atom stereocenters. The van der Waals surface area contributed by atoms with Crippen LogP contribution in [0.4, 0.5) is 0 Å². The number of carboxylic acid groups (broad SMARTS) is 4. The zero-order valence-electron chi connectivity index (χ0n) is 14.3. The van der Waals surface area contributed by atoms with Crippen LogP contribution in [0.5, 0.6) is 0 Å². The van der Waals surface area contributed by atoms with Gasteiger partial charge >= 0.3 is 23.9 Å². The van der Waals surface area contributed by atoms with Crippen LogP contribution < -0.4 is 22.9 Å². The van der Waals surface area contributed by atoms with E-state index in [2.05, 4.69) is 11.5 Å². The molecule has 0 aromatic heterocycles. The SMILES string of the molecule is C[C@@H](O)[C@H](N)C(=O)O.C[C@@H](O)[C@H](N)C(=O)O.NCC(=O)O.NCC(=O)O. The fraction of sp³-hybridized carbons (Fsp3) is 0.667. The second-order valence-electron chi connectivity index (χ2n) is 4.40. The molecule has 0 aromatic rings. The molecule has 0 saturated carbocycles. The molecule has 14 N–H and O–H groups in total. The molecule has 0 fully saturated rings. The lowest BCUT2D eigenvalue weighted by molar-refractivity contribution is -0.141. The van der Waals surface area contributed by atoms with Gasteiger partial charge in [0.2, 0.25) is 0 Å². The number of rotatable bonds is 6. The monoisotopic (exact) mass is 388 g/mol. The first-order chi connectivity index (χ1) is 11.6. The highest BCUT2D eigenvalue weighted by molar-refractivity contribution is 5.74. The Bertz CT molecular complexity index is 379. The summed E-state index contributed by atoms with van der Waals surface area (Å²) in [6, 6.07) is -2.31. The van der Waals surface area contributed by atoms with Gasteiger partial charge in [0.25, 0.3) is 0 Å². The molecule has 0 saturated heterocycles. The third kappa shape index (κ3) is 29.6. The highest BCUT2D eigenvalue weighted by atomic mass is 16.4. The topological polar surface area (TPSA) is 294 Å². The van der Waals surface area contributed by atoms with Gasteiger partial charge in [0, 0.05) is 0 Å². The Morgan fingerprint density at radius 1 is 0.692 bits per heavy atom. The number of aliphatic carboxylic acids is 4. The standard InChI is InChI=1S/2C4H9NO3.2C2H5NO2/c2*1-2(6)3(5)4(7)8;2*3-1-2(4)5/h2*2-3,6H,5H2,1H3,(H,7,8);2*1,3H2,(H,4,5)/t2*2-,3+;;/m11../s1. The number of hydrogen-bond donors (Lipinski definition) is 10. The van der Waals surface area contributed by atoms with Crippen LogP contribution in [-0.4, -0.2) is 91.9 Å². The molecule has 0 spiro atoms. The van der Waals surface area contributed by atoms with Crippen molar-refractivity contribution in [1.29, 1.82) is 0 Å². The van der Waals surface area contributed by atoms with Crippen molar-refractivity contribution in [2.45, 2.75) is 38.1 Å². The predicted octanol–water partition coefficient (Wildman–Crippen LogP) is -4.38. The average Bonchev–Trinajstić information content (AvgIpc) is 2.54. The summed E-state index contributed by atoms with van der Waals surface area (Å²) < 4.78 is 0. The Morgan fingerprint density at radius 2 is 0.846 bits per heavy atom. The molecular weight excluding hydrogens is 360 g/mol. The van der Waals surface area contributed by atoms with Crippen molar-refractivity contribution in [2.75, 3.05) is 13.1 Å². The fourth-order valence-electron chi connectivity index (χ4n) is 0.413. The van der Waals surface area contributed by atoms with Crippen molar-refractivity contribution in [3.05, 3.63) is 0 Å². The quantitative estimate of drug-likeness (QED) is 0.205. The molecule has 0 bridgehead atoms. The van der Waals surface area contributed by atoms with Gasteiger partial charge in [-0.2, -0.15) is 0 Å². The van der Waals surface area contributed by atoms with Gasteiger partial charge in [0.15, 0.2) is 0 Å². The highest BCUT2D eigenvalue weighted by Crippen LogP contribution is 1.86. The summed E-state index contributed by atoms with van der Waals surface area (Å²) in [5, 5.41) is 48.3. The van der Waals surface area contributed by atoms with Gasteiger partial charge in [-0.3, -0.25) is 19.2 Å². The van der Waals surface area contributed by atoms with Gasteiger partial charge in [-0.1, -0.05) is 0 Å². The van der Waals surface area contributed by atoms with Gasteiger partial charge in [-0.05, 0) is 13.8 Å². The van der Waals surface area contributed by atoms with E-state index in [9.17, 15) is 19.2 Å². The van der Waals surface area contributed by atoms with Crippen molar-refractivity contribution in [1.82, 2.24) is 0 Å². The minimum atomic E-state index is -1.18. The first-order valence-electron chi connectivity index (χ1n) is 6.82. The average molecular weight is 388 g/mol. The molecule has 14 nitrogen and oxygen atoms in total. The zero-order chi connectivity index (χ0) is 22.0. The lowest BCUT2D eigenvalue weighted by atomic mass is 10.2. The van der Waals surface area contributed by atoms with Crippen LogP contribution in [0.2, 0.25) is 0 Å². The van der Waals surface area contributed by atoms with Crippen molar-refractivity contribution in [3.63, 3.8) is 0 Å². The lowest BCUT2D eigenvalue weighted by Gasteiger charge is -2.07. The van der Waals surface area contributed by atoms with Gasteiger partial charge in [-0.15, -0.1) is 0 Å². The molecule has 0 aliphatic carbocycles. The summed E-state index contributed by atoms with van der Waals surface area (Å²) in [7, 11) is 0. The number of nitrogens with two attached hydrogens (primary N) is 4. The van der Waals surface area contributed by atoms with Crippen LogP contribution >= 0.6 is 0 Å². The van der Waals surface area contributed by atoms with E-state index >= 15 is 0 Å². The molecule has 0 aliphatic rings. The van der Waals surface area contributed by atoms with E-state index in [-0.39, 0.29) is 13.1 Å². The van der Waals surface area contributed by atoms with Crippen LogP contribution in [-0.2, 0) is 19.2 Å². The van der Waals surface area contributed by atoms with Crippen molar-refractivity contribution >= 4 is 23.9 Å².